The normalized spacial score (nSPS) is 33.2. The molecule has 0 spiro atoms. The van der Waals surface area contributed by atoms with Crippen LogP contribution in [0.5, 0.6) is 0 Å². The maximum Gasteiger partial charge on any atom is 0.312 e. The van der Waals surface area contributed by atoms with Crippen LogP contribution in [0.1, 0.15) is 71.8 Å². The van der Waals surface area contributed by atoms with Crippen LogP contribution in [-0.4, -0.2) is 39.1 Å². The van der Waals surface area contributed by atoms with E-state index in [1.54, 1.807) is 11.8 Å². The van der Waals surface area contributed by atoms with Crippen molar-refractivity contribution >= 4 is 11.9 Å². The third-order valence-electron chi connectivity index (χ3n) is 7.35. The first-order chi connectivity index (χ1) is 14.0. The number of amides is 1. The van der Waals surface area contributed by atoms with Crippen LogP contribution in [0, 0.1) is 17.3 Å². The molecule has 5 atom stereocenters. The molecule has 5 rings (SSSR count). The van der Waals surface area contributed by atoms with E-state index in [2.05, 4.69) is 0 Å². The molecule has 2 unspecified atom stereocenters. The van der Waals surface area contributed by atoms with Crippen molar-refractivity contribution in [1.82, 2.24) is 4.90 Å². The molecule has 1 aromatic rings. The van der Waals surface area contributed by atoms with Crippen molar-refractivity contribution in [2.45, 2.75) is 90.0 Å². The molecule has 4 aliphatic rings. The minimum Gasteiger partial charge on any atom is -0.452 e. The first kappa shape index (κ1) is 21.4. The van der Waals surface area contributed by atoms with Crippen LogP contribution in [0.25, 0.3) is 0 Å². The van der Waals surface area contributed by atoms with Gasteiger partial charge in [-0.15, -0.1) is 0 Å². The van der Waals surface area contributed by atoms with Gasteiger partial charge in [-0.3, -0.25) is 9.59 Å². The molecule has 164 valence electrons. The summed E-state index contributed by atoms with van der Waals surface area (Å²) in [6.45, 7) is 8.14. The van der Waals surface area contributed by atoms with Gasteiger partial charge in [-0.05, 0) is 83.6 Å². The minimum atomic E-state index is -0.844. The summed E-state index contributed by atoms with van der Waals surface area (Å²) in [5.74, 6) is 0.338. The van der Waals surface area contributed by atoms with Gasteiger partial charge in [-0.25, -0.2) is 0 Å². The lowest BCUT2D eigenvalue weighted by atomic mass is 9.48. The molecule has 1 amide bonds. The number of ether oxygens (including phenoxy) is 1. The van der Waals surface area contributed by atoms with Gasteiger partial charge in [0.25, 0.3) is 5.91 Å². The first-order valence-corrected chi connectivity index (χ1v) is 11.3. The van der Waals surface area contributed by atoms with Crippen LogP contribution in [0.4, 0.5) is 0 Å². The van der Waals surface area contributed by atoms with Gasteiger partial charge in [0, 0.05) is 12.1 Å². The van der Waals surface area contributed by atoms with E-state index >= 15 is 0 Å². The molecule has 4 fully saturated rings. The molecule has 5 nitrogen and oxygen atoms in total. The lowest BCUT2D eigenvalue weighted by Crippen LogP contribution is -2.59. The summed E-state index contributed by atoms with van der Waals surface area (Å²) in [7, 11) is 0. The van der Waals surface area contributed by atoms with Crippen LogP contribution in [0.15, 0.2) is 30.3 Å². The minimum absolute atomic E-state index is 0.178. The number of hydrogen-bond acceptors (Lipinski definition) is 4. The summed E-state index contributed by atoms with van der Waals surface area (Å²) in [4.78, 5) is 28.4. The molecule has 1 aromatic carbocycles. The molecule has 5 heteroatoms. The van der Waals surface area contributed by atoms with E-state index < -0.39 is 22.7 Å². The zero-order chi connectivity index (χ0) is 21.7. The topological polar surface area (TPSA) is 66.8 Å². The van der Waals surface area contributed by atoms with Gasteiger partial charge in [0.15, 0.2) is 6.10 Å². The second kappa shape index (κ2) is 7.37. The Hall–Kier alpha value is -1.88. The second-order valence-corrected chi connectivity index (χ2v) is 11.1. The standard InChI is InChI=1S/C25H35NO4/c1-17(21(27)26(23(2,3)4)15-18-8-6-5-7-9-18)30-22(28)24-11-19-10-20(12-24)14-25(29,13-19)16-24/h5-9,17,19-20,29H,10-16H2,1-4H3/t17-,19-,20+,24?,25?/m0/s1. The fourth-order valence-corrected chi connectivity index (χ4v) is 6.42. The Morgan fingerprint density at radius 3 is 2.27 bits per heavy atom. The number of aliphatic hydroxyl groups is 1. The highest BCUT2D eigenvalue weighted by Crippen LogP contribution is 2.62. The van der Waals surface area contributed by atoms with E-state index in [0.29, 0.717) is 24.8 Å². The number of nitrogens with zero attached hydrogens (tertiary/aromatic N) is 1. The number of carbonyl (C=O) groups is 2. The van der Waals surface area contributed by atoms with Crippen molar-refractivity contribution in [3.8, 4) is 0 Å². The summed E-state index contributed by atoms with van der Waals surface area (Å²) in [5, 5.41) is 10.9. The highest BCUT2D eigenvalue weighted by molar-refractivity contribution is 5.86. The van der Waals surface area contributed by atoms with E-state index in [4.69, 9.17) is 4.74 Å². The molecule has 0 saturated heterocycles. The van der Waals surface area contributed by atoms with E-state index in [9.17, 15) is 14.7 Å². The number of carbonyl (C=O) groups excluding carboxylic acids is 2. The fraction of sp³-hybridized carbons (Fsp3) is 0.680. The molecule has 4 bridgehead atoms. The van der Waals surface area contributed by atoms with Gasteiger partial charge >= 0.3 is 5.97 Å². The average molecular weight is 414 g/mol. The van der Waals surface area contributed by atoms with Gasteiger partial charge in [-0.2, -0.15) is 0 Å². The predicted octanol–water partition coefficient (Wildman–Crippen LogP) is 4.08. The fourth-order valence-electron chi connectivity index (χ4n) is 6.42. The molecule has 0 aromatic heterocycles. The van der Waals surface area contributed by atoms with Gasteiger partial charge < -0.3 is 14.7 Å². The van der Waals surface area contributed by atoms with Gasteiger partial charge in [0.2, 0.25) is 0 Å². The molecule has 4 aliphatic carbocycles. The lowest BCUT2D eigenvalue weighted by Gasteiger charge is -2.58. The SMILES string of the molecule is C[C@H](OC(=O)C12C[C@@H]3C[C@@H](CC(O)(C3)C1)C2)C(=O)N(Cc1ccccc1)C(C)(C)C. The summed E-state index contributed by atoms with van der Waals surface area (Å²) in [6.07, 6.45) is 3.95. The van der Waals surface area contributed by atoms with Crippen LogP contribution >= 0.6 is 0 Å². The summed E-state index contributed by atoms with van der Waals surface area (Å²) < 4.78 is 5.81. The summed E-state index contributed by atoms with van der Waals surface area (Å²) in [6, 6.07) is 9.87. The molecular weight excluding hydrogens is 378 g/mol. The number of rotatable bonds is 5. The Labute approximate surface area is 179 Å². The molecule has 0 radical (unpaired) electrons. The Balaban J connectivity index is 1.47. The van der Waals surface area contributed by atoms with Crippen LogP contribution in [0.2, 0.25) is 0 Å². The average Bonchev–Trinajstić information content (AvgIpc) is 2.63. The zero-order valence-corrected chi connectivity index (χ0v) is 18.7. The monoisotopic (exact) mass is 413 g/mol. The van der Waals surface area contributed by atoms with Crippen molar-refractivity contribution in [3.63, 3.8) is 0 Å². The highest BCUT2D eigenvalue weighted by Gasteiger charge is 2.61. The van der Waals surface area contributed by atoms with Crippen LogP contribution in [0.3, 0.4) is 0 Å². The highest BCUT2D eigenvalue weighted by atomic mass is 16.5. The van der Waals surface area contributed by atoms with E-state index in [0.717, 1.165) is 37.7 Å². The van der Waals surface area contributed by atoms with E-state index in [-0.39, 0.29) is 11.9 Å². The molecule has 0 aliphatic heterocycles. The molecular formula is C25H35NO4. The molecule has 0 heterocycles. The zero-order valence-electron chi connectivity index (χ0n) is 18.7. The molecule has 1 N–H and O–H groups in total. The van der Waals surface area contributed by atoms with Gasteiger partial charge in [-0.1, -0.05) is 30.3 Å². The van der Waals surface area contributed by atoms with Gasteiger partial charge in [0.05, 0.1) is 11.0 Å². The number of esters is 1. The predicted molar refractivity (Wildman–Crippen MR) is 114 cm³/mol. The maximum absolute atomic E-state index is 13.3. The van der Waals surface area contributed by atoms with Crippen LogP contribution in [-0.2, 0) is 20.9 Å². The Kier molecular flexibility index (Phi) is 5.24. The Morgan fingerprint density at radius 1 is 1.13 bits per heavy atom. The number of benzene rings is 1. The van der Waals surface area contributed by atoms with Crippen molar-refractivity contribution in [2.75, 3.05) is 0 Å². The van der Waals surface area contributed by atoms with E-state index in [1.807, 2.05) is 51.1 Å². The Bertz CT molecular complexity index is 798. The van der Waals surface area contributed by atoms with Crippen molar-refractivity contribution in [3.05, 3.63) is 35.9 Å². The quantitative estimate of drug-likeness (QED) is 0.739. The third kappa shape index (κ3) is 4.01. The van der Waals surface area contributed by atoms with Gasteiger partial charge in [0.1, 0.15) is 0 Å². The molecule has 4 saturated carbocycles. The smallest absolute Gasteiger partial charge is 0.312 e. The van der Waals surface area contributed by atoms with E-state index in [1.165, 1.54) is 0 Å². The van der Waals surface area contributed by atoms with Crippen molar-refractivity contribution in [1.29, 1.82) is 0 Å². The first-order valence-electron chi connectivity index (χ1n) is 11.3. The van der Waals surface area contributed by atoms with Crippen LogP contribution < -0.4 is 0 Å². The summed E-state index contributed by atoms with van der Waals surface area (Å²) >= 11 is 0. The third-order valence-corrected chi connectivity index (χ3v) is 7.35. The molecule has 30 heavy (non-hydrogen) atoms. The largest absolute Gasteiger partial charge is 0.452 e. The maximum atomic E-state index is 13.3. The summed E-state index contributed by atoms with van der Waals surface area (Å²) in [5.41, 5.74) is -0.688. The van der Waals surface area contributed by atoms with Crippen molar-refractivity contribution < 1.29 is 19.4 Å². The Morgan fingerprint density at radius 2 is 1.73 bits per heavy atom. The lowest BCUT2D eigenvalue weighted by molar-refractivity contribution is -0.201. The second-order valence-electron chi connectivity index (χ2n) is 11.1. The van der Waals surface area contributed by atoms with Crippen molar-refractivity contribution in [2.24, 2.45) is 17.3 Å². The number of hydrogen-bond donors (Lipinski definition) is 1.